The van der Waals surface area contributed by atoms with Crippen molar-refractivity contribution in [2.75, 3.05) is 4.90 Å². The molecule has 0 saturated heterocycles. The summed E-state index contributed by atoms with van der Waals surface area (Å²) in [6.07, 6.45) is 0. The molecule has 8 aromatic rings. The number of anilines is 3. The molecular formula is C46H28BiCl4NO4. The maximum atomic E-state index is 7.89. The van der Waals surface area contributed by atoms with Gasteiger partial charge in [-0.05, 0) is 0 Å². The van der Waals surface area contributed by atoms with E-state index in [1.165, 1.54) is 5.56 Å². The fourth-order valence-corrected chi connectivity index (χ4v) is 32.2. The van der Waals surface area contributed by atoms with Crippen molar-refractivity contribution < 1.29 is 15.1 Å². The average molecular weight is 1010 g/mol. The topological polar surface area (TPSA) is 40.2 Å². The van der Waals surface area contributed by atoms with Gasteiger partial charge in [0.05, 0.1) is 0 Å². The van der Waals surface area contributed by atoms with Crippen molar-refractivity contribution in [3.8, 4) is 34.5 Å². The molecule has 274 valence electrons. The van der Waals surface area contributed by atoms with Crippen molar-refractivity contribution in [2.24, 2.45) is 0 Å². The summed E-state index contributed by atoms with van der Waals surface area (Å²) in [5.41, 5.74) is 3.87. The second kappa shape index (κ2) is 10.9. The van der Waals surface area contributed by atoms with Gasteiger partial charge in [-0.15, -0.1) is 0 Å². The van der Waals surface area contributed by atoms with E-state index in [4.69, 9.17) is 61.5 Å². The number of rotatable bonds is 1. The van der Waals surface area contributed by atoms with E-state index in [2.05, 4.69) is 105 Å². The van der Waals surface area contributed by atoms with Crippen LogP contribution in [0, 0.1) is 0 Å². The van der Waals surface area contributed by atoms with E-state index < -0.39 is 19.7 Å². The fourth-order valence-electron chi connectivity index (χ4n) is 9.22. The molecule has 10 heteroatoms. The number of fused-ring (bicyclic) bond motifs is 7. The number of ether oxygens (including phenoxy) is 2. The van der Waals surface area contributed by atoms with Crippen LogP contribution in [-0.4, -0.2) is 19.7 Å². The van der Waals surface area contributed by atoms with Gasteiger partial charge in [0.15, 0.2) is 0 Å². The zero-order valence-corrected chi connectivity index (χ0v) is 36.5. The number of benzene rings is 8. The molecule has 0 bridgehead atoms. The van der Waals surface area contributed by atoms with Gasteiger partial charge in [-0.25, -0.2) is 0 Å². The molecule has 0 N–H and O–H groups in total. The Morgan fingerprint density at radius 1 is 0.482 bits per heavy atom. The van der Waals surface area contributed by atoms with Gasteiger partial charge in [0.25, 0.3) is 0 Å². The molecular weight excluding hydrogens is 981 g/mol. The Hall–Kier alpha value is -4.42. The molecule has 1 spiro atoms. The Morgan fingerprint density at radius 2 is 0.929 bits per heavy atom. The first-order chi connectivity index (χ1) is 27.0. The maximum absolute atomic E-state index is 7.89. The number of hydrogen-bond donors (Lipinski definition) is 0. The molecule has 0 unspecified atom stereocenters. The van der Waals surface area contributed by atoms with E-state index in [0.29, 0.717) is 23.0 Å². The number of hydrogen-bond acceptors (Lipinski definition) is 5. The normalized spacial score (nSPS) is 16.7. The summed E-state index contributed by atoms with van der Waals surface area (Å²) < 4.78 is 32.8. The molecule has 5 nitrogen and oxygen atoms in total. The van der Waals surface area contributed by atoms with Crippen molar-refractivity contribution in [2.45, 2.75) is 26.2 Å². The zero-order chi connectivity index (χ0) is 38.1. The molecule has 0 radical (unpaired) electrons. The molecule has 4 aliphatic heterocycles. The molecule has 0 saturated carbocycles. The van der Waals surface area contributed by atoms with Crippen molar-refractivity contribution >= 4 is 125 Å². The predicted molar refractivity (Wildman–Crippen MR) is 231 cm³/mol. The van der Waals surface area contributed by atoms with Crippen LogP contribution in [0.5, 0.6) is 34.5 Å². The van der Waals surface area contributed by atoms with Crippen molar-refractivity contribution in [1.82, 2.24) is 0 Å². The van der Waals surface area contributed by atoms with Gasteiger partial charge >= 0.3 is 347 Å². The summed E-state index contributed by atoms with van der Waals surface area (Å²) in [6, 6.07) is 40.0. The molecule has 0 aliphatic carbocycles. The molecule has 0 amide bonds. The summed E-state index contributed by atoms with van der Waals surface area (Å²) in [6.45, 7) is 6.66. The molecule has 0 fully saturated rings. The van der Waals surface area contributed by atoms with E-state index in [1.807, 2.05) is 36.4 Å². The average Bonchev–Trinajstić information content (AvgIpc) is 3.55. The van der Waals surface area contributed by atoms with Gasteiger partial charge in [0.1, 0.15) is 0 Å². The van der Waals surface area contributed by atoms with E-state index in [0.717, 1.165) is 59.2 Å². The van der Waals surface area contributed by atoms with Crippen molar-refractivity contribution in [1.29, 1.82) is 0 Å². The van der Waals surface area contributed by atoms with Crippen molar-refractivity contribution in [3.05, 3.63) is 141 Å². The third kappa shape index (κ3) is 3.93. The first-order valence-corrected chi connectivity index (χ1v) is 27.8. The Balaban J connectivity index is 1.35. The first-order valence-electron chi connectivity index (χ1n) is 18.2. The summed E-state index contributed by atoms with van der Waals surface area (Å²) in [4.78, 5) is 2.30. The van der Waals surface area contributed by atoms with Crippen LogP contribution in [0.1, 0.15) is 26.3 Å². The van der Waals surface area contributed by atoms with Crippen molar-refractivity contribution in [3.63, 3.8) is 0 Å². The van der Waals surface area contributed by atoms with E-state index in [-0.39, 0.29) is 37.0 Å². The molecule has 4 aliphatic rings. The molecule has 56 heavy (non-hydrogen) atoms. The Morgan fingerprint density at radius 3 is 1.43 bits per heavy atom. The number of nitrogens with zero attached hydrogens (tertiary/aromatic N) is 1. The van der Waals surface area contributed by atoms with Crippen LogP contribution >= 0.6 is 46.4 Å². The summed E-state index contributed by atoms with van der Waals surface area (Å²) >= 11 is 21.6. The Labute approximate surface area is 344 Å². The van der Waals surface area contributed by atoms with Gasteiger partial charge in [0.2, 0.25) is 0 Å². The second-order valence-corrected chi connectivity index (χ2v) is 31.3. The summed E-state index contributed by atoms with van der Waals surface area (Å²) in [5, 5.41) is 6.10. The second-order valence-electron chi connectivity index (χ2n) is 15.8. The fraction of sp³-hybridized carbons (Fsp3) is 0.0870. The third-order valence-corrected chi connectivity index (χ3v) is 32.0. The van der Waals surface area contributed by atoms with Crippen LogP contribution in [0.3, 0.4) is 0 Å². The molecule has 0 atom stereocenters. The van der Waals surface area contributed by atoms with Crippen LogP contribution in [0.25, 0.3) is 32.3 Å². The van der Waals surface area contributed by atoms with Crippen LogP contribution in [0.4, 0.5) is 17.1 Å². The quantitative estimate of drug-likeness (QED) is 0.0931. The number of halogens is 4. The standard InChI is InChI=1S/C40H28NO2.C6H2Cl4O2.Bi/c1-40(2,3)29-16-18-30(19-17-29)41-31-20-26-10-4-7-13-34(26)37(23-31)42-33-22-28-12-6-9-15-36(28)39(25-33)43-38-24-32(41)21-27-11-5-8-14-35(27)38;7-1-2(8)4(10)6(12)5(11)3(1)9;/h4-22H,1-3H3;11-12H;/q;;+2/p-2. The SMILES string of the molecule is CC(C)(C)c1ccc(N2c3cc4ccccc4c4[c]3[Bi]35([O]c6c(Cl)c(Cl)c(Cl)c(Cl)c6[O]3)[c]3c(cc6ccccc6c3Oc3[c]5c2cc2ccccc32)O4)cc1. The van der Waals surface area contributed by atoms with E-state index in [1.54, 1.807) is 0 Å². The van der Waals surface area contributed by atoms with Gasteiger partial charge in [-0.1, -0.05) is 0 Å². The third-order valence-electron chi connectivity index (χ3n) is 11.7. The van der Waals surface area contributed by atoms with E-state index in [9.17, 15) is 0 Å². The Kier molecular flexibility index (Phi) is 6.59. The zero-order valence-electron chi connectivity index (χ0n) is 30.0. The minimum absolute atomic E-state index is 0.0433. The molecule has 0 aromatic heterocycles. The monoisotopic (exact) mass is 1010 g/mol. The van der Waals surface area contributed by atoms with E-state index >= 15 is 0 Å². The predicted octanol–water partition coefficient (Wildman–Crippen LogP) is 12.9. The first kappa shape index (κ1) is 33.7. The minimum atomic E-state index is -6.42. The Bertz CT molecular complexity index is 3100. The molecule has 8 aromatic carbocycles. The van der Waals surface area contributed by atoms with Crippen LogP contribution < -0.4 is 29.8 Å². The summed E-state index contributed by atoms with van der Waals surface area (Å²) in [7, 11) is 0. The van der Waals surface area contributed by atoms with Gasteiger partial charge in [-0.3, -0.25) is 0 Å². The molecule has 4 heterocycles. The van der Waals surface area contributed by atoms with Gasteiger partial charge in [0, 0.05) is 0 Å². The van der Waals surface area contributed by atoms with Gasteiger partial charge in [-0.2, -0.15) is 0 Å². The summed E-state index contributed by atoms with van der Waals surface area (Å²) in [5.74, 6) is 3.02. The van der Waals surface area contributed by atoms with Crippen LogP contribution in [0.15, 0.2) is 115 Å². The van der Waals surface area contributed by atoms with Gasteiger partial charge < -0.3 is 0 Å². The van der Waals surface area contributed by atoms with Crippen LogP contribution in [0.2, 0.25) is 20.1 Å². The molecule has 12 rings (SSSR count). The van der Waals surface area contributed by atoms with Crippen LogP contribution in [-0.2, 0) is 5.41 Å².